The van der Waals surface area contributed by atoms with E-state index in [0.717, 1.165) is 15.2 Å². The average Bonchev–Trinajstić information content (AvgIpc) is 2.85. The molecule has 0 aliphatic carbocycles. The van der Waals surface area contributed by atoms with E-state index < -0.39 is 11.9 Å². The van der Waals surface area contributed by atoms with Crippen LogP contribution in [0.3, 0.4) is 0 Å². The lowest BCUT2D eigenvalue weighted by Gasteiger charge is -2.09. The smallest absolute Gasteiger partial charge is 0.343 e. The van der Waals surface area contributed by atoms with Crippen LogP contribution in [0, 0.1) is 0 Å². The molecule has 0 heterocycles. The highest BCUT2D eigenvalue weighted by Crippen LogP contribution is 2.32. The molecule has 1 N–H and O–H groups in total. The van der Waals surface area contributed by atoms with E-state index in [1.807, 2.05) is 36.4 Å². The van der Waals surface area contributed by atoms with Gasteiger partial charge in [-0.15, -0.1) is 0 Å². The van der Waals surface area contributed by atoms with Crippen molar-refractivity contribution in [3.05, 3.63) is 106 Å². The summed E-state index contributed by atoms with van der Waals surface area (Å²) in [7, 11) is 0. The van der Waals surface area contributed by atoms with Crippen LogP contribution in [-0.2, 0) is 4.79 Å². The lowest BCUT2D eigenvalue weighted by molar-refractivity contribution is -0.123. The molecule has 0 fully saturated rings. The molecule has 0 atom stereocenters. The molecule has 0 aromatic heterocycles. The van der Waals surface area contributed by atoms with Crippen LogP contribution in [0.5, 0.6) is 11.5 Å². The van der Waals surface area contributed by atoms with E-state index in [-0.39, 0.29) is 6.61 Å². The summed E-state index contributed by atoms with van der Waals surface area (Å²) in [6, 6.07) is 24.8. The first-order chi connectivity index (χ1) is 16.5. The normalized spacial score (nSPS) is 10.9. The summed E-state index contributed by atoms with van der Waals surface area (Å²) >= 11 is 9.43. The molecule has 0 aliphatic heterocycles. The van der Waals surface area contributed by atoms with E-state index in [0.29, 0.717) is 27.6 Å². The fourth-order valence-corrected chi connectivity index (χ4v) is 3.88. The maximum Gasteiger partial charge on any atom is 0.343 e. The van der Waals surface area contributed by atoms with Crippen LogP contribution >= 0.6 is 27.5 Å². The van der Waals surface area contributed by atoms with E-state index in [1.54, 1.807) is 42.5 Å². The Morgan fingerprint density at radius 2 is 1.76 bits per heavy atom. The Hall–Kier alpha value is -3.68. The zero-order chi connectivity index (χ0) is 23.9. The number of fused-ring (bicyclic) bond motifs is 1. The molecule has 4 aromatic carbocycles. The summed E-state index contributed by atoms with van der Waals surface area (Å²) in [5.41, 5.74) is 3.49. The van der Waals surface area contributed by atoms with Gasteiger partial charge >= 0.3 is 5.97 Å². The van der Waals surface area contributed by atoms with Gasteiger partial charge in [-0.05, 0) is 80.8 Å². The zero-order valence-corrected chi connectivity index (χ0v) is 20.0. The first-order valence-corrected chi connectivity index (χ1v) is 11.4. The quantitative estimate of drug-likeness (QED) is 0.136. The van der Waals surface area contributed by atoms with Crippen LogP contribution in [0.4, 0.5) is 0 Å². The molecule has 0 unspecified atom stereocenters. The largest absolute Gasteiger partial charge is 0.483 e. The van der Waals surface area contributed by atoms with Gasteiger partial charge in [-0.25, -0.2) is 10.2 Å². The number of carbonyl (C=O) groups is 2. The number of hydrazone groups is 1. The number of halogens is 2. The molecular weight excluding hydrogens is 520 g/mol. The lowest BCUT2D eigenvalue weighted by atomic mass is 10.1. The van der Waals surface area contributed by atoms with Gasteiger partial charge in [0.15, 0.2) is 6.61 Å². The summed E-state index contributed by atoms with van der Waals surface area (Å²) < 4.78 is 11.7. The van der Waals surface area contributed by atoms with Gasteiger partial charge in [0.1, 0.15) is 11.5 Å². The first kappa shape index (κ1) is 23.5. The molecule has 0 radical (unpaired) electrons. The Morgan fingerprint density at radius 3 is 2.56 bits per heavy atom. The number of hydrogen-bond acceptors (Lipinski definition) is 5. The monoisotopic (exact) mass is 536 g/mol. The highest BCUT2D eigenvalue weighted by molar-refractivity contribution is 9.10. The minimum atomic E-state index is -0.505. The van der Waals surface area contributed by atoms with Gasteiger partial charge in [0.2, 0.25) is 0 Å². The molecule has 6 nitrogen and oxygen atoms in total. The van der Waals surface area contributed by atoms with Crippen molar-refractivity contribution in [3.63, 3.8) is 0 Å². The van der Waals surface area contributed by atoms with E-state index in [9.17, 15) is 9.59 Å². The minimum absolute atomic E-state index is 0.188. The van der Waals surface area contributed by atoms with E-state index >= 15 is 0 Å². The van der Waals surface area contributed by atoms with Crippen LogP contribution < -0.4 is 14.9 Å². The third kappa shape index (κ3) is 6.01. The van der Waals surface area contributed by atoms with Gasteiger partial charge < -0.3 is 9.47 Å². The molecule has 170 valence electrons. The van der Waals surface area contributed by atoms with E-state index in [2.05, 4.69) is 26.5 Å². The molecular formula is C26H18BrClN2O4. The second-order valence-electron chi connectivity index (χ2n) is 7.15. The summed E-state index contributed by atoms with van der Waals surface area (Å²) in [6.07, 6.45) is 1.48. The highest BCUT2D eigenvalue weighted by atomic mass is 79.9. The summed E-state index contributed by atoms with van der Waals surface area (Å²) in [5.74, 6) is 0.0406. The Labute approximate surface area is 209 Å². The van der Waals surface area contributed by atoms with Crippen molar-refractivity contribution in [1.29, 1.82) is 0 Å². The first-order valence-electron chi connectivity index (χ1n) is 10.2. The summed E-state index contributed by atoms with van der Waals surface area (Å²) in [4.78, 5) is 24.3. The van der Waals surface area contributed by atoms with Crippen LogP contribution in [0.1, 0.15) is 15.9 Å². The van der Waals surface area contributed by atoms with Gasteiger partial charge in [-0.1, -0.05) is 48.0 Å². The summed E-state index contributed by atoms with van der Waals surface area (Å²) in [6.45, 7) is -0.188. The van der Waals surface area contributed by atoms with Crippen molar-refractivity contribution < 1.29 is 19.1 Å². The molecule has 34 heavy (non-hydrogen) atoms. The molecule has 0 saturated carbocycles. The maximum atomic E-state index is 12.2. The van der Waals surface area contributed by atoms with Gasteiger partial charge in [-0.3, -0.25) is 4.79 Å². The second-order valence-corrected chi connectivity index (χ2v) is 8.38. The van der Waals surface area contributed by atoms with Gasteiger partial charge in [0.25, 0.3) is 5.91 Å². The molecule has 8 heteroatoms. The molecule has 0 bridgehead atoms. The zero-order valence-electron chi connectivity index (χ0n) is 17.7. The molecule has 0 aliphatic rings. The van der Waals surface area contributed by atoms with Gasteiger partial charge in [-0.2, -0.15) is 5.10 Å². The van der Waals surface area contributed by atoms with Crippen LogP contribution in [0.2, 0.25) is 5.02 Å². The average molecular weight is 538 g/mol. The Morgan fingerprint density at radius 1 is 0.971 bits per heavy atom. The van der Waals surface area contributed by atoms with Gasteiger partial charge in [0, 0.05) is 5.02 Å². The third-order valence-corrected chi connectivity index (χ3v) is 5.79. The number of hydrogen-bond donors (Lipinski definition) is 1. The SMILES string of the molecule is O=C(COc1ccc2ccccc2c1Br)NN=Cc1ccc(OC(=O)c2cccc(Cl)c2)cc1. The van der Waals surface area contributed by atoms with Crippen LogP contribution in [-0.4, -0.2) is 24.7 Å². The minimum Gasteiger partial charge on any atom is -0.483 e. The van der Waals surface area contributed by atoms with E-state index in [1.165, 1.54) is 12.3 Å². The third-order valence-electron chi connectivity index (χ3n) is 4.74. The topological polar surface area (TPSA) is 77.0 Å². The number of ether oxygens (including phenoxy) is 2. The molecule has 0 spiro atoms. The highest BCUT2D eigenvalue weighted by Gasteiger charge is 2.10. The molecule has 1 amide bonds. The number of carbonyl (C=O) groups excluding carboxylic acids is 2. The molecule has 4 aromatic rings. The fraction of sp³-hybridized carbons (Fsp3) is 0.0385. The molecule has 4 rings (SSSR count). The molecule has 0 saturated heterocycles. The fourth-order valence-electron chi connectivity index (χ4n) is 3.08. The Balaban J connectivity index is 1.27. The van der Waals surface area contributed by atoms with Crippen molar-refractivity contribution in [2.45, 2.75) is 0 Å². The number of nitrogens with one attached hydrogen (secondary N) is 1. The van der Waals surface area contributed by atoms with E-state index in [4.69, 9.17) is 21.1 Å². The van der Waals surface area contributed by atoms with Crippen molar-refractivity contribution in [2.75, 3.05) is 6.61 Å². The predicted octanol–water partition coefficient (Wildman–Crippen LogP) is 6.00. The Kier molecular flexibility index (Phi) is 7.57. The lowest BCUT2D eigenvalue weighted by Crippen LogP contribution is -2.24. The van der Waals surface area contributed by atoms with Crippen molar-refractivity contribution in [3.8, 4) is 11.5 Å². The number of nitrogens with zero attached hydrogens (tertiary/aromatic N) is 1. The van der Waals surface area contributed by atoms with Crippen LogP contribution in [0.25, 0.3) is 10.8 Å². The van der Waals surface area contributed by atoms with Crippen molar-refractivity contribution in [2.24, 2.45) is 5.10 Å². The van der Waals surface area contributed by atoms with Crippen molar-refractivity contribution in [1.82, 2.24) is 5.43 Å². The summed E-state index contributed by atoms with van der Waals surface area (Å²) in [5, 5.41) is 6.46. The standard InChI is InChI=1S/C26H18BrClN2O4/c27-25-22-7-2-1-4-18(22)10-13-23(25)33-16-24(31)30-29-15-17-8-11-21(12-9-17)34-26(32)19-5-3-6-20(28)14-19/h1-15H,16H2,(H,30,31). The maximum absolute atomic E-state index is 12.2. The number of esters is 1. The second kappa shape index (κ2) is 11.0. The van der Waals surface area contributed by atoms with Gasteiger partial charge in [0.05, 0.1) is 16.3 Å². The predicted molar refractivity (Wildman–Crippen MR) is 136 cm³/mol. The number of amides is 1. The number of rotatable bonds is 7. The van der Waals surface area contributed by atoms with Crippen LogP contribution in [0.15, 0.2) is 94.5 Å². The number of benzene rings is 4. The van der Waals surface area contributed by atoms with Crippen molar-refractivity contribution >= 4 is 56.4 Å². The Bertz CT molecular complexity index is 1370.